The van der Waals surface area contributed by atoms with Crippen LogP contribution in [0.1, 0.15) is 6.42 Å². The van der Waals surface area contributed by atoms with Crippen molar-refractivity contribution in [3.8, 4) is 5.75 Å². The third-order valence-corrected chi connectivity index (χ3v) is 4.92. The van der Waals surface area contributed by atoms with E-state index in [1.807, 2.05) is 0 Å². The molecule has 1 aromatic carbocycles. The molecule has 0 aliphatic carbocycles. The third kappa shape index (κ3) is 3.20. The van der Waals surface area contributed by atoms with E-state index in [0.717, 1.165) is 0 Å². The van der Waals surface area contributed by atoms with Gasteiger partial charge in [0.1, 0.15) is 5.75 Å². The summed E-state index contributed by atoms with van der Waals surface area (Å²) in [5, 5.41) is 2.62. The Kier molecular flexibility index (Phi) is 4.15. The van der Waals surface area contributed by atoms with Crippen LogP contribution in [0.15, 0.2) is 18.2 Å². The van der Waals surface area contributed by atoms with Gasteiger partial charge in [0.15, 0.2) is 0 Å². The highest BCUT2D eigenvalue weighted by Crippen LogP contribution is 2.26. The fraction of sp³-hybridized carbons (Fsp3) is 0.417. The van der Waals surface area contributed by atoms with Crippen LogP contribution in [0.4, 0.5) is 11.4 Å². The Balaban J connectivity index is 2.07. The molecule has 0 saturated carbocycles. The van der Waals surface area contributed by atoms with Crippen molar-refractivity contribution in [2.45, 2.75) is 6.42 Å². The number of carbonyl (C=O) groups excluding carboxylic acids is 1. The van der Waals surface area contributed by atoms with Gasteiger partial charge in [-0.15, -0.1) is 0 Å². The number of nitrogen functional groups attached to an aromatic ring is 1. The van der Waals surface area contributed by atoms with Crippen LogP contribution in [0, 0.1) is 0 Å². The molecule has 1 heterocycles. The molecule has 1 saturated heterocycles. The summed E-state index contributed by atoms with van der Waals surface area (Å²) in [4.78, 5) is 11.9. The van der Waals surface area contributed by atoms with Crippen LogP contribution in [0.2, 0.25) is 0 Å². The number of nitrogens with one attached hydrogen (secondary N) is 1. The van der Waals surface area contributed by atoms with Crippen LogP contribution >= 0.6 is 0 Å². The maximum Gasteiger partial charge on any atom is 0.239 e. The van der Waals surface area contributed by atoms with Crippen molar-refractivity contribution in [2.24, 2.45) is 0 Å². The predicted molar refractivity (Wildman–Crippen MR) is 76.0 cm³/mol. The summed E-state index contributed by atoms with van der Waals surface area (Å²) in [6.45, 7) is 0.185. The van der Waals surface area contributed by atoms with Gasteiger partial charge in [-0.2, -0.15) is 4.31 Å². The van der Waals surface area contributed by atoms with Crippen molar-refractivity contribution in [2.75, 3.05) is 37.0 Å². The van der Waals surface area contributed by atoms with E-state index in [9.17, 15) is 13.2 Å². The lowest BCUT2D eigenvalue weighted by Gasteiger charge is -2.15. The van der Waals surface area contributed by atoms with E-state index < -0.39 is 15.9 Å². The topological polar surface area (TPSA) is 102 Å². The van der Waals surface area contributed by atoms with Gasteiger partial charge in [-0.3, -0.25) is 4.79 Å². The Morgan fingerprint density at radius 1 is 1.50 bits per heavy atom. The standard InChI is InChI=1S/C12H17N3O4S/c1-19-11-4-3-9(13)7-10(11)14-12(16)8-15-5-2-6-20(15,17)18/h3-4,7H,2,5-6,8,13H2,1H3,(H,14,16). The fourth-order valence-corrected chi connectivity index (χ4v) is 3.52. The maximum absolute atomic E-state index is 11.9. The first-order valence-electron chi connectivity index (χ1n) is 6.13. The second-order valence-electron chi connectivity index (χ2n) is 4.51. The largest absolute Gasteiger partial charge is 0.495 e. The van der Waals surface area contributed by atoms with Crippen molar-refractivity contribution in [1.82, 2.24) is 4.31 Å². The number of amides is 1. The van der Waals surface area contributed by atoms with E-state index in [1.165, 1.54) is 11.4 Å². The van der Waals surface area contributed by atoms with E-state index in [2.05, 4.69) is 5.32 Å². The Morgan fingerprint density at radius 2 is 2.25 bits per heavy atom. The molecule has 1 aromatic rings. The lowest BCUT2D eigenvalue weighted by Crippen LogP contribution is -2.34. The molecule has 0 aromatic heterocycles. The van der Waals surface area contributed by atoms with Crippen LogP contribution in [-0.4, -0.2) is 44.6 Å². The van der Waals surface area contributed by atoms with Gasteiger partial charge in [-0.05, 0) is 24.6 Å². The average Bonchev–Trinajstić information content (AvgIpc) is 2.69. The maximum atomic E-state index is 11.9. The van der Waals surface area contributed by atoms with E-state index in [4.69, 9.17) is 10.5 Å². The van der Waals surface area contributed by atoms with Crippen molar-refractivity contribution in [1.29, 1.82) is 0 Å². The van der Waals surface area contributed by atoms with E-state index in [1.54, 1.807) is 18.2 Å². The minimum atomic E-state index is -3.28. The smallest absolute Gasteiger partial charge is 0.239 e. The van der Waals surface area contributed by atoms with Gasteiger partial charge in [-0.25, -0.2) is 8.42 Å². The van der Waals surface area contributed by atoms with Crippen molar-refractivity contribution >= 4 is 27.3 Å². The minimum Gasteiger partial charge on any atom is -0.495 e. The Bertz CT molecular complexity index is 615. The molecule has 8 heteroatoms. The lowest BCUT2D eigenvalue weighted by molar-refractivity contribution is -0.116. The molecule has 0 unspecified atom stereocenters. The first-order valence-corrected chi connectivity index (χ1v) is 7.74. The van der Waals surface area contributed by atoms with Crippen LogP contribution < -0.4 is 15.8 Å². The molecule has 1 aliphatic heterocycles. The summed E-state index contributed by atoms with van der Waals surface area (Å²) < 4.78 is 29.5. The monoisotopic (exact) mass is 299 g/mol. The molecule has 1 aliphatic rings. The van der Waals surface area contributed by atoms with Gasteiger partial charge in [0.2, 0.25) is 15.9 Å². The number of rotatable bonds is 4. The van der Waals surface area contributed by atoms with Crippen LogP contribution in [0.25, 0.3) is 0 Å². The van der Waals surface area contributed by atoms with Gasteiger partial charge in [0.25, 0.3) is 0 Å². The highest BCUT2D eigenvalue weighted by atomic mass is 32.2. The van der Waals surface area contributed by atoms with Gasteiger partial charge in [0.05, 0.1) is 25.1 Å². The number of methoxy groups -OCH3 is 1. The third-order valence-electron chi connectivity index (χ3n) is 3.02. The molecule has 7 nitrogen and oxygen atoms in total. The van der Waals surface area contributed by atoms with Crippen LogP contribution in [0.5, 0.6) is 5.75 Å². The highest BCUT2D eigenvalue weighted by Gasteiger charge is 2.29. The number of nitrogens with zero attached hydrogens (tertiary/aromatic N) is 1. The molecule has 1 fully saturated rings. The molecular weight excluding hydrogens is 282 g/mol. The fourth-order valence-electron chi connectivity index (χ4n) is 2.04. The second kappa shape index (κ2) is 5.68. The van der Waals surface area contributed by atoms with Gasteiger partial charge < -0.3 is 15.8 Å². The summed E-state index contributed by atoms with van der Waals surface area (Å²) in [5.74, 6) is 0.151. The van der Waals surface area contributed by atoms with Gasteiger partial charge >= 0.3 is 0 Å². The summed E-state index contributed by atoms with van der Waals surface area (Å²) in [5.41, 5.74) is 6.56. The first kappa shape index (κ1) is 14.6. The SMILES string of the molecule is COc1ccc(N)cc1NC(=O)CN1CCCS1(=O)=O. The molecule has 2 rings (SSSR count). The quantitative estimate of drug-likeness (QED) is 0.776. The van der Waals surface area contributed by atoms with Crippen LogP contribution in [-0.2, 0) is 14.8 Å². The molecule has 20 heavy (non-hydrogen) atoms. The molecule has 0 bridgehead atoms. The van der Waals surface area contributed by atoms with Crippen molar-refractivity contribution in [3.63, 3.8) is 0 Å². The zero-order valence-electron chi connectivity index (χ0n) is 11.1. The number of hydrogen-bond donors (Lipinski definition) is 2. The second-order valence-corrected chi connectivity index (χ2v) is 6.60. The Labute approximate surface area is 117 Å². The molecule has 1 amide bonds. The number of carbonyl (C=O) groups is 1. The summed E-state index contributed by atoms with van der Waals surface area (Å²) in [6, 6.07) is 4.85. The Hall–Kier alpha value is -1.80. The van der Waals surface area contributed by atoms with E-state index >= 15 is 0 Å². The lowest BCUT2D eigenvalue weighted by atomic mass is 10.2. The van der Waals surface area contributed by atoms with E-state index in [-0.39, 0.29) is 12.3 Å². The number of benzene rings is 1. The van der Waals surface area contributed by atoms with Crippen molar-refractivity contribution < 1.29 is 17.9 Å². The zero-order valence-corrected chi connectivity index (χ0v) is 11.9. The normalized spacial score (nSPS) is 17.9. The summed E-state index contributed by atoms with van der Waals surface area (Å²) >= 11 is 0. The molecule has 110 valence electrons. The number of hydrogen-bond acceptors (Lipinski definition) is 5. The number of anilines is 2. The summed E-state index contributed by atoms with van der Waals surface area (Å²) in [7, 11) is -1.80. The molecule has 0 spiro atoms. The average molecular weight is 299 g/mol. The minimum absolute atomic E-state index is 0.0991. The number of nitrogens with two attached hydrogens (primary N) is 1. The molecule has 0 atom stereocenters. The van der Waals surface area contributed by atoms with Gasteiger partial charge in [0, 0.05) is 12.2 Å². The van der Waals surface area contributed by atoms with Crippen molar-refractivity contribution in [3.05, 3.63) is 18.2 Å². The zero-order chi connectivity index (χ0) is 14.8. The highest BCUT2D eigenvalue weighted by molar-refractivity contribution is 7.89. The molecule has 3 N–H and O–H groups in total. The summed E-state index contributed by atoms with van der Waals surface area (Å²) in [6.07, 6.45) is 0.553. The van der Waals surface area contributed by atoms with Gasteiger partial charge in [-0.1, -0.05) is 0 Å². The van der Waals surface area contributed by atoms with Crippen LogP contribution in [0.3, 0.4) is 0 Å². The first-order chi connectivity index (χ1) is 9.42. The molecular formula is C12H17N3O4S. The number of sulfonamides is 1. The molecule has 0 radical (unpaired) electrons. The van der Waals surface area contributed by atoms with E-state index in [0.29, 0.717) is 30.1 Å². The predicted octanol–water partition coefficient (Wildman–Crippen LogP) is 0.251. The Morgan fingerprint density at radius 3 is 2.85 bits per heavy atom. The number of ether oxygens (including phenoxy) is 1.